The van der Waals surface area contributed by atoms with Crippen LogP contribution in [0.2, 0.25) is 0 Å². The van der Waals surface area contributed by atoms with E-state index in [9.17, 15) is 27.2 Å². The van der Waals surface area contributed by atoms with Crippen molar-refractivity contribution in [2.45, 2.75) is 6.18 Å². The molecule has 1 saturated heterocycles. The summed E-state index contributed by atoms with van der Waals surface area (Å²) in [5.41, 5.74) is 1.78. The summed E-state index contributed by atoms with van der Waals surface area (Å²) in [5.74, 6) is -1.23. The number of halogens is 4. The smallest absolute Gasteiger partial charge is 0.397 e. The molecule has 2 N–H and O–H groups in total. The number of nitrogens with two attached hydrogens (primary N) is 1. The van der Waals surface area contributed by atoms with Gasteiger partial charge in [0.05, 0.1) is 11.1 Å². The Morgan fingerprint density at radius 3 is 2.45 bits per heavy atom. The van der Waals surface area contributed by atoms with Crippen molar-refractivity contribution in [3.8, 4) is 5.69 Å². The summed E-state index contributed by atoms with van der Waals surface area (Å²) in [4.78, 5) is 36.2. The average Bonchev–Trinajstić information content (AvgIpc) is 2.78. The van der Waals surface area contributed by atoms with Crippen molar-refractivity contribution in [1.82, 2.24) is 19.4 Å². The van der Waals surface area contributed by atoms with E-state index in [4.69, 9.17) is 5.73 Å². The van der Waals surface area contributed by atoms with Crippen molar-refractivity contribution in [3.05, 3.63) is 65.1 Å². The van der Waals surface area contributed by atoms with Gasteiger partial charge < -0.3 is 15.5 Å². The van der Waals surface area contributed by atoms with Crippen molar-refractivity contribution >= 4 is 28.3 Å². The number of aromatic nitrogens is 3. The lowest BCUT2D eigenvalue weighted by atomic mass is 10.1. The molecule has 0 atom stereocenters. The van der Waals surface area contributed by atoms with Gasteiger partial charge in [0, 0.05) is 26.2 Å². The van der Waals surface area contributed by atoms with Crippen molar-refractivity contribution in [2.24, 2.45) is 0 Å². The van der Waals surface area contributed by atoms with Gasteiger partial charge in [-0.2, -0.15) is 13.2 Å². The molecule has 0 spiro atoms. The summed E-state index contributed by atoms with van der Waals surface area (Å²) in [5, 5.41) is -0.135. The number of hydrogen-bond donors (Lipinski definition) is 1. The number of rotatable bonds is 3. The largest absolute Gasteiger partial charge is 0.431 e. The maximum atomic E-state index is 14.5. The van der Waals surface area contributed by atoms with Crippen LogP contribution in [0.25, 0.3) is 16.6 Å². The molecule has 1 amide bonds. The lowest BCUT2D eigenvalue weighted by Gasteiger charge is -2.35. The molecule has 3 aromatic rings. The molecular formula is C21H18F4N6O2. The first kappa shape index (κ1) is 22.2. The van der Waals surface area contributed by atoms with Crippen LogP contribution in [0.15, 0.2) is 48.0 Å². The van der Waals surface area contributed by atoms with Crippen LogP contribution < -0.4 is 16.2 Å². The standard InChI is InChI=1S/C21H18F4N6O2/c1-2-16(32)29-6-8-30(9-7-29)19-12-10-15(21(23,24)25)31(20(33)17(12)27-11-28-19)18-13(22)4-3-5-14(18)26/h2-5,10-11H,1,6-9,26H2. The first-order valence-electron chi connectivity index (χ1n) is 9.82. The molecule has 4 rings (SSSR count). The number of anilines is 2. The number of fused-ring (bicyclic) bond motifs is 1. The molecule has 0 bridgehead atoms. The highest BCUT2D eigenvalue weighted by molar-refractivity contribution is 5.90. The van der Waals surface area contributed by atoms with E-state index < -0.39 is 28.9 Å². The number of piperazine rings is 1. The third-order valence-electron chi connectivity index (χ3n) is 5.39. The summed E-state index contributed by atoms with van der Waals surface area (Å²) in [6, 6.07) is 4.06. The number of benzene rings is 1. The lowest BCUT2D eigenvalue weighted by molar-refractivity contribution is -0.142. The molecule has 1 aliphatic heterocycles. The summed E-state index contributed by atoms with van der Waals surface area (Å²) >= 11 is 0. The molecule has 33 heavy (non-hydrogen) atoms. The fourth-order valence-electron chi connectivity index (χ4n) is 3.82. The Kier molecular flexibility index (Phi) is 5.52. The van der Waals surface area contributed by atoms with Crippen LogP contribution >= 0.6 is 0 Å². The number of nitrogen functional groups attached to an aromatic ring is 1. The zero-order chi connectivity index (χ0) is 23.9. The van der Waals surface area contributed by atoms with E-state index in [-0.39, 0.29) is 46.0 Å². The number of carbonyl (C=O) groups is 1. The molecule has 0 radical (unpaired) electrons. The Morgan fingerprint density at radius 1 is 1.15 bits per heavy atom. The minimum Gasteiger partial charge on any atom is -0.397 e. The maximum Gasteiger partial charge on any atom is 0.431 e. The molecular weight excluding hydrogens is 444 g/mol. The Morgan fingerprint density at radius 2 is 1.85 bits per heavy atom. The van der Waals surface area contributed by atoms with E-state index in [0.29, 0.717) is 13.1 Å². The number of nitrogens with zero attached hydrogens (tertiary/aromatic N) is 5. The molecule has 0 unspecified atom stereocenters. The van der Waals surface area contributed by atoms with Gasteiger partial charge in [0.15, 0.2) is 0 Å². The number of pyridine rings is 1. The van der Waals surface area contributed by atoms with Gasteiger partial charge in [0.2, 0.25) is 5.91 Å². The second-order valence-electron chi connectivity index (χ2n) is 7.32. The highest BCUT2D eigenvalue weighted by atomic mass is 19.4. The zero-order valence-electron chi connectivity index (χ0n) is 17.1. The van der Waals surface area contributed by atoms with Crippen LogP contribution in [-0.2, 0) is 11.0 Å². The molecule has 2 aromatic heterocycles. The second-order valence-corrected chi connectivity index (χ2v) is 7.32. The predicted molar refractivity (Wildman–Crippen MR) is 113 cm³/mol. The third kappa shape index (κ3) is 3.88. The van der Waals surface area contributed by atoms with E-state index >= 15 is 0 Å². The van der Waals surface area contributed by atoms with Crippen LogP contribution in [0.1, 0.15) is 5.69 Å². The number of para-hydroxylation sites is 1. The van der Waals surface area contributed by atoms with E-state index in [0.717, 1.165) is 18.5 Å². The molecule has 0 saturated carbocycles. The van der Waals surface area contributed by atoms with E-state index in [1.165, 1.54) is 18.2 Å². The van der Waals surface area contributed by atoms with Gasteiger partial charge in [-0.3, -0.25) is 14.2 Å². The minimum absolute atomic E-state index is 0.113. The molecule has 12 heteroatoms. The number of carbonyl (C=O) groups excluding carboxylic acids is 1. The van der Waals surface area contributed by atoms with Gasteiger partial charge in [0.1, 0.15) is 34.9 Å². The second kappa shape index (κ2) is 8.19. The van der Waals surface area contributed by atoms with Gasteiger partial charge in [0.25, 0.3) is 5.56 Å². The average molecular weight is 462 g/mol. The summed E-state index contributed by atoms with van der Waals surface area (Å²) in [7, 11) is 0. The van der Waals surface area contributed by atoms with Crippen molar-refractivity contribution < 1.29 is 22.4 Å². The molecule has 0 aliphatic carbocycles. The number of hydrogen-bond acceptors (Lipinski definition) is 6. The van der Waals surface area contributed by atoms with Crippen LogP contribution in [-0.4, -0.2) is 51.5 Å². The first-order chi connectivity index (χ1) is 15.6. The van der Waals surface area contributed by atoms with Crippen molar-refractivity contribution in [1.29, 1.82) is 0 Å². The molecule has 172 valence electrons. The third-order valence-corrected chi connectivity index (χ3v) is 5.39. The molecule has 8 nitrogen and oxygen atoms in total. The fourth-order valence-corrected chi connectivity index (χ4v) is 3.82. The molecule has 1 fully saturated rings. The Hall–Kier alpha value is -3.96. The fraction of sp³-hybridized carbons (Fsp3) is 0.238. The first-order valence-corrected chi connectivity index (χ1v) is 9.82. The van der Waals surface area contributed by atoms with Gasteiger partial charge in [-0.05, 0) is 24.3 Å². The molecule has 3 heterocycles. The number of amides is 1. The van der Waals surface area contributed by atoms with Gasteiger partial charge in [-0.1, -0.05) is 12.6 Å². The number of alkyl halides is 3. The van der Waals surface area contributed by atoms with Crippen LogP contribution in [0.5, 0.6) is 0 Å². The highest BCUT2D eigenvalue weighted by Crippen LogP contribution is 2.35. The minimum atomic E-state index is -5.01. The summed E-state index contributed by atoms with van der Waals surface area (Å²) in [6.07, 6.45) is -2.77. The van der Waals surface area contributed by atoms with Crippen LogP contribution in [0.4, 0.5) is 29.1 Å². The quantitative estimate of drug-likeness (QED) is 0.365. The van der Waals surface area contributed by atoms with Crippen LogP contribution in [0.3, 0.4) is 0 Å². The Bertz CT molecular complexity index is 1290. The zero-order valence-corrected chi connectivity index (χ0v) is 17.1. The van der Waals surface area contributed by atoms with Crippen molar-refractivity contribution in [3.63, 3.8) is 0 Å². The lowest BCUT2D eigenvalue weighted by Crippen LogP contribution is -2.48. The SMILES string of the molecule is C=CC(=O)N1CCN(c2ncnc3c(=O)n(-c4c(N)cccc4F)c(C(F)(F)F)cc23)CC1. The summed E-state index contributed by atoms with van der Waals surface area (Å²) in [6.45, 7) is 4.58. The monoisotopic (exact) mass is 462 g/mol. The Balaban J connectivity index is 1.91. The normalized spacial score (nSPS) is 14.5. The topological polar surface area (TPSA) is 97.4 Å². The molecule has 1 aromatic carbocycles. The van der Waals surface area contributed by atoms with Crippen molar-refractivity contribution in [2.75, 3.05) is 36.8 Å². The summed E-state index contributed by atoms with van der Waals surface area (Å²) < 4.78 is 56.8. The maximum absolute atomic E-state index is 14.5. The predicted octanol–water partition coefficient (Wildman–Crippen LogP) is 2.36. The van der Waals surface area contributed by atoms with E-state index in [2.05, 4.69) is 16.5 Å². The van der Waals surface area contributed by atoms with Gasteiger partial charge >= 0.3 is 6.18 Å². The Labute approximate surface area is 184 Å². The van der Waals surface area contributed by atoms with E-state index in [1.807, 2.05) is 0 Å². The van der Waals surface area contributed by atoms with E-state index in [1.54, 1.807) is 9.80 Å². The molecule has 1 aliphatic rings. The highest BCUT2D eigenvalue weighted by Gasteiger charge is 2.37. The van der Waals surface area contributed by atoms with Gasteiger partial charge in [-0.25, -0.2) is 14.4 Å². The van der Waals surface area contributed by atoms with Crippen LogP contribution in [0, 0.1) is 5.82 Å². The van der Waals surface area contributed by atoms with Gasteiger partial charge in [-0.15, -0.1) is 0 Å².